The van der Waals surface area contributed by atoms with E-state index in [1.54, 1.807) is 19.3 Å². The number of fused-ring (bicyclic) bond motifs is 5. The number of unbranched alkanes of at least 4 members (excludes halogenated alkanes) is 1. The van der Waals surface area contributed by atoms with E-state index >= 15 is 37.5 Å². The van der Waals surface area contributed by atoms with Crippen molar-refractivity contribution in [2.75, 3.05) is 24.6 Å². The molecule has 6 aromatic rings. The maximum absolute atomic E-state index is 15.5. The van der Waals surface area contributed by atoms with E-state index in [-0.39, 0.29) is 80.9 Å². The van der Waals surface area contributed by atoms with E-state index < -0.39 is 156 Å². The minimum absolute atomic E-state index is 0.0217. The number of phenols is 1. The van der Waals surface area contributed by atoms with Crippen LogP contribution < -0.4 is 43.4 Å². The number of halogens is 2. The monoisotopic (exact) mass is 1480 g/mol. The Labute approximate surface area is 615 Å². The number of nitrogens with zero attached hydrogens (tertiary/aromatic N) is 2. The number of aliphatic carboxylic acids is 1. The number of nitrogens with two attached hydrogens (primary N) is 2. The molecule has 9 rings (SSSR count). The normalized spacial score (nSPS) is 23.8. The molecule has 0 radical (unpaired) electrons. The molecule has 0 spiro atoms. The summed E-state index contributed by atoms with van der Waals surface area (Å²) in [5.41, 5.74) is 14.7. The summed E-state index contributed by atoms with van der Waals surface area (Å²) in [6.45, 7) is 5.55. The smallest absolute Gasteiger partial charge is 0.305 e. The van der Waals surface area contributed by atoms with Gasteiger partial charge in [-0.25, -0.2) is 8.78 Å². The largest absolute Gasteiger partial charge is 0.508 e. The van der Waals surface area contributed by atoms with Gasteiger partial charge in [-0.2, -0.15) is 23.5 Å². The van der Waals surface area contributed by atoms with Gasteiger partial charge < -0.3 is 68.4 Å². The Bertz CT molecular complexity index is 4240. The van der Waals surface area contributed by atoms with Gasteiger partial charge in [0.25, 0.3) is 0 Å². The standard InChI is InChI=1S/C76H92F2N12O13S2/c1-43(2)26-60-65(92)33-49(30-50-38-82-57-17-13-52(77)34-55(50)57)71(99)87-62(31-51-39-83-58-18-14-53(78)35-56(51)58)73(101)86-61(36-68(95)96)66(93)32-48(28-45-19-23-81-37-45)70(98)88-63(29-44-11-15-54(91)16-12-44)74(102)90-24-7-21-76(90,3)75(103)89-64(69(80)97)42-105-41-47-9-6-8-46(27-47)40-104-25-20-67(94)84-59(72(100)85-60)10-4-5-22-79/h6,8-9,11-18,23,27,34-35,37-39,43,48-49,59-64,82-83,91H,4-5,7,10,19-22,24-26,28-33,36,40-42,79H2,1-3H3,(H2,80,97)(H,84,94)(H,85,100)(H,86,101)(H,87,99)(H,88,98)(H,89,103)(H,95,96)/t48-,49-,59+,60-,61+,62+,63+,64+,76+/m1/s1. The number of allylic oxidation sites excluding steroid dienone is 1. The van der Waals surface area contributed by atoms with Gasteiger partial charge in [0, 0.05) is 127 Å². The summed E-state index contributed by atoms with van der Waals surface area (Å²) in [6.07, 6.45) is 4.64. The van der Waals surface area contributed by atoms with Crippen LogP contribution in [0.25, 0.3) is 21.8 Å². The molecule has 25 nitrogen and oxygen atoms in total. The van der Waals surface area contributed by atoms with Crippen LogP contribution in [-0.4, -0.2) is 162 Å². The zero-order chi connectivity index (χ0) is 75.5. The van der Waals surface area contributed by atoms with Crippen LogP contribution in [0.2, 0.25) is 0 Å². The molecule has 105 heavy (non-hydrogen) atoms. The number of ketones is 2. The number of carbonyl (C=O) groups excluding carboxylic acids is 10. The van der Waals surface area contributed by atoms with Gasteiger partial charge in [0.1, 0.15) is 47.1 Å². The number of benzene rings is 4. The summed E-state index contributed by atoms with van der Waals surface area (Å²) in [5, 5.41) is 38.1. The average molecular weight is 1480 g/mol. The molecular weight excluding hydrogens is 1390 g/mol. The Morgan fingerprint density at radius 1 is 0.686 bits per heavy atom. The van der Waals surface area contributed by atoms with Crippen molar-refractivity contribution < 1.29 is 71.7 Å². The van der Waals surface area contributed by atoms with Crippen LogP contribution in [0, 0.1) is 29.4 Å². The van der Waals surface area contributed by atoms with E-state index in [0.717, 1.165) is 11.1 Å². The van der Waals surface area contributed by atoms with Crippen molar-refractivity contribution in [2.45, 2.75) is 170 Å². The highest BCUT2D eigenvalue weighted by Gasteiger charge is 2.49. The second-order valence-corrected chi connectivity index (χ2v) is 30.0. The fourth-order valence-corrected chi connectivity index (χ4v) is 15.4. The Hall–Kier alpha value is -9.74. The second-order valence-electron chi connectivity index (χ2n) is 27.9. The first-order valence-electron chi connectivity index (χ1n) is 35.4. The maximum atomic E-state index is 15.5. The fraction of sp³-hybridized carbons (Fsp3) is 0.447. The molecule has 0 aliphatic carbocycles. The van der Waals surface area contributed by atoms with Crippen LogP contribution in [0.15, 0.2) is 114 Å². The number of aromatic amines is 2. The third kappa shape index (κ3) is 22.2. The average Bonchev–Trinajstić information content (AvgIpc) is 1.71. The predicted octanol–water partition coefficient (Wildman–Crippen LogP) is 6.56. The van der Waals surface area contributed by atoms with Crippen molar-refractivity contribution >= 4 is 116 Å². The highest BCUT2D eigenvalue weighted by Crippen LogP contribution is 2.33. The van der Waals surface area contributed by atoms with E-state index in [9.17, 15) is 34.2 Å². The van der Waals surface area contributed by atoms with Gasteiger partial charge in [-0.15, -0.1) is 0 Å². The highest BCUT2D eigenvalue weighted by molar-refractivity contribution is 7.98. The number of Topliss-reactive ketones (excluding diaryl/α,β-unsaturated/α-hetero) is 2. The first kappa shape index (κ1) is 79.4. The number of aromatic nitrogens is 2. The topological polar surface area (TPSA) is 400 Å². The number of aromatic hydroxyl groups is 1. The number of aliphatic imine (C=N–C) groups is 1. The number of nitrogens with one attached hydrogen (secondary N) is 8. The lowest BCUT2D eigenvalue weighted by Crippen LogP contribution is -2.62. The number of primary amides is 1. The summed E-state index contributed by atoms with van der Waals surface area (Å²) < 4.78 is 30.2. The molecule has 1 fully saturated rings. The first-order valence-corrected chi connectivity index (χ1v) is 37.7. The van der Waals surface area contributed by atoms with Crippen molar-refractivity contribution in [1.29, 1.82) is 0 Å². The van der Waals surface area contributed by atoms with Crippen LogP contribution in [0.3, 0.4) is 0 Å². The fourth-order valence-electron chi connectivity index (χ4n) is 13.5. The molecule has 4 aromatic carbocycles. The summed E-state index contributed by atoms with van der Waals surface area (Å²) in [4.78, 5) is 172. The van der Waals surface area contributed by atoms with E-state index in [1.807, 2.05) is 38.1 Å². The predicted molar refractivity (Wildman–Crippen MR) is 396 cm³/mol. The molecule has 5 heterocycles. The number of phenolic OH excluding ortho intramolecular Hbond substituents is 1. The van der Waals surface area contributed by atoms with Crippen LogP contribution in [0.4, 0.5) is 8.78 Å². The molecule has 14 N–H and O–H groups in total. The molecule has 2 aromatic heterocycles. The van der Waals surface area contributed by atoms with Crippen molar-refractivity contribution in [2.24, 2.45) is 34.2 Å². The van der Waals surface area contributed by atoms with E-state index in [2.05, 4.69) is 46.9 Å². The molecule has 2 bridgehead atoms. The second kappa shape index (κ2) is 37.3. The zero-order valence-corrected chi connectivity index (χ0v) is 60.6. The number of hydrogen-bond donors (Lipinski definition) is 12. The molecule has 1 saturated heterocycles. The maximum Gasteiger partial charge on any atom is 0.305 e. The number of amides is 8. The minimum Gasteiger partial charge on any atom is -0.508 e. The third-order valence-corrected chi connectivity index (χ3v) is 21.4. The lowest BCUT2D eigenvalue weighted by molar-refractivity contribution is -0.147. The minimum atomic E-state index is -1.91. The molecule has 0 saturated carbocycles. The van der Waals surface area contributed by atoms with Gasteiger partial charge in [0.15, 0.2) is 11.6 Å². The Morgan fingerprint density at radius 3 is 1.90 bits per heavy atom. The van der Waals surface area contributed by atoms with E-state index in [1.165, 1.54) is 101 Å². The van der Waals surface area contributed by atoms with Crippen molar-refractivity contribution in [1.82, 2.24) is 46.8 Å². The number of rotatable bonds is 17. The van der Waals surface area contributed by atoms with Gasteiger partial charge in [-0.05, 0) is 153 Å². The highest BCUT2D eigenvalue weighted by atomic mass is 32.2. The molecule has 3 aliphatic rings. The molecule has 29 heteroatoms. The number of carboxylic acid groups (broad SMARTS) is 1. The molecule has 8 amide bonds. The van der Waals surface area contributed by atoms with Crippen molar-refractivity contribution in [3.63, 3.8) is 0 Å². The number of hydrogen-bond acceptors (Lipinski definition) is 16. The van der Waals surface area contributed by atoms with E-state index in [0.29, 0.717) is 81.6 Å². The number of carbonyl (C=O) groups is 11. The van der Waals surface area contributed by atoms with Gasteiger partial charge in [-0.1, -0.05) is 50.2 Å². The lowest BCUT2D eigenvalue weighted by Gasteiger charge is -2.37. The summed E-state index contributed by atoms with van der Waals surface area (Å²) in [5.74, 6) is -12.3. The van der Waals surface area contributed by atoms with E-state index in [4.69, 9.17) is 11.5 Å². The molecular formula is C76H92F2N12O13S2. The van der Waals surface area contributed by atoms with Gasteiger partial charge >= 0.3 is 5.97 Å². The zero-order valence-electron chi connectivity index (χ0n) is 58.9. The molecule has 560 valence electrons. The molecule has 9 atom stereocenters. The van der Waals surface area contributed by atoms with Crippen LogP contribution >= 0.6 is 23.5 Å². The number of thioether (sulfide) groups is 2. The van der Waals surface area contributed by atoms with Crippen molar-refractivity contribution in [3.8, 4) is 5.75 Å². The summed E-state index contributed by atoms with van der Waals surface area (Å²) in [6, 6.07) is 12.8. The van der Waals surface area contributed by atoms with Gasteiger partial charge in [0.2, 0.25) is 47.3 Å². The molecule has 0 unspecified atom stereocenters. The SMILES string of the molecule is CC(C)C[C@H]1NC(=O)[C@H](CCCCN)NC(=O)CCSCc2cccc(c2)CSC[C@@H](C(N)=O)NC(=O)[C@]2(C)CCCN2C(=O)[C@H](Cc2ccc(O)cc2)NC(=O)[C@H](CC2=CN=CC2)CC(=O)[C@H](CC(=O)O)NC(=O)[C@H](Cc2c[nH]c3ccc(F)cc23)NC(=O)[C@H](Cc2c[nH]c3ccc(F)cc23)CC1=O. The Morgan fingerprint density at radius 2 is 1.29 bits per heavy atom. The number of H-pyrrole nitrogens is 2. The first-order chi connectivity index (χ1) is 50.2. The van der Waals surface area contributed by atoms with Crippen molar-refractivity contribution in [3.05, 3.63) is 149 Å². The third-order valence-electron chi connectivity index (χ3n) is 19.3. The van der Waals surface area contributed by atoms with Crippen LogP contribution in [0.5, 0.6) is 5.75 Å². The summed E-state index contributed by atoms with van der Waals surface area (Å²) >= 11 is 2.82. The van der Waals surface area contributed by atoms with Crippen LogP contribution in [0.1, 0.15) is 126 Å². The van der Waals surface area contributed by atoms with Crippen LogP contribution in [-0.2, 0) is 83.5 Å². The van der Waals surface area contributed by atoms with Gasteiger partial charge in [0.05, 0.1) is 18.5 Å². The lowest BCUT2D eigenvalue weighted by atomic mass is 9.88. The quantitative estimate of drug-likeness (QED) is 0.0430. The molecule has 3 aliphatic heterocycles. The Kier molecular flexibility index (Phi) is 28.2. The summed E-state index contributed by atoms with van der Waals surface area (Å²) in [7, 11) is 0. The number of carboxylic acids is 1. The Balaban J connectivity index is 1.09. The van der Waals surface area contributed by atoms with Gasteiger partial charge in [-0.3, -0.25) is 57.7 Å².